The van der Waals surface area contributed by atoms with E-state index in [2.05, 4.69) is 4.74 Å². The molecule has 0 heterocycles. The maximum atomic E-state index is 10.7. The lowest BCUT2D eigenvalue weighted by Crippen LogP contribution is -2.22. The molecule has 0 spiro atoms. The van der Waals surface area contributed by atoms with Gasteiger partial charge in [0, 0.05) is 0 Å². The predicted octanol–water partition coefficient (Wildman–Crippen LogP) is 1.49. The minimum absolute atomic E-state index is 0.00756. The zero-order valence-corrected chi connectivity index (χ0v) is 7.92. The second kappa shape index (κ2) is 4.98. The SMILES string of the molecule is CCC(C)(C)COC(=O)OCN. The standard InChI is InChI=1S/C8H17NO3/c1-4-8(2,3)5-11-7(10)12-6-9/h4-6,9H2,1-3H3. The molecule has 4 heteroatoms. The molecule has 0 atom stereocenters. The van der Waals surface area contributed by atoms with Crippen LogP contribution in [-0.2, 0) is 9.47 Å². The molecule has 72 valence electrons. The third kappa shape index (κ3) is 4.96. The van der Waals surface area contributed by atoms with Gasteiger partial charge in [-0.1, -0.05) is 20.8 Å². The topological polar surface area (TPSA) is 61.5 Å². The molecule has 0 radical (unpaired) electrons. The van der Waals surface area contributed by atoms with Gasteiger partial charge in [-0.15, -0.1) is 0 Å². The van der Waals surface area contributed by atoms with Crippen LogP contribution >= 0.6 is 0 Å². The first-order valence-corrected chi connectivity index (χ1v) is 4.01. The van der Waals surface area contributed by atoms with Crippen molar-refractivity contribution < 1.29 is 14.3 Å². The summed E-state index contributed by atoms with van der Waals surface area (Å²) in [4.78, 5) is 10.7. The Morgan fingerprint density at radius 2 is 2.00 bits per heavy atom. The molecule has 0 rings (SSSR count). The van der Waals surface area contributed by atoms with Gasteiger partial charge in [-0.05, 0) is 11.8 Å². The molecule has 0 aliphatic carbocycles. The van der Waals surface area contributed by atoms with Crippen LogP contribution in [0.4, 0.5) is 4.79 Å². The Bertz CT molecular complexity index is 145. The van der Waals surface area contributed by atoms with Gasteiger partial charge in [0.2, 0.25) is 0 Å². The molecule has 0 aromatic heterocycles. The summed E-state index contributed by atoms with van der Waals surface area (Å²) in [5.41, 5.74) is 4.99. The molecule has 0 saturated carbocycles. The van der Waals surface area contributed by atoms with E-state index in [9.17, 15) is 4.79 Å². The fourth-order valence-electron chi connectivity index (χ4n) is 0.466. The maximum absolute atomic E-state index is 10.7. The molecular weight excluding hydrogens is 158 g/mol. The average Bonchev–Trinajstić information content (AvgIpc) is 2.02. The third-order valence-corrected chi connectivity index (χ3v) is 1.74. The first-order chi connectivity index (χ1) is 5.52. The zero-order valence-electron chi connectivity index (χ0n) is 7.92. The molecule has 0 aromatic rings. The van der Waals surface area contributed by atoms with E-state index in [-0.39, 0.29) is 12.1 Å². The van der Waals surface area contributed by atoms with Crippen molar-refractivity contribution in [2.45, 2.75) is 27.2 Å². The summed E-state index contributed by atoms with van der Waals surface area (Å²) in [6, 6.07) is 0. The lowest BCUT2D eigenvalue weighted by atomic mass is 9.92. The molecule has 12 heavy (non-hydrogen) atoms. The van der Waals surface area contributed by atoms with Crippen molar-refractivity contribution in [3.05, 3.63) is 0 Å². The average molecular weight is 175 g/mol. The summed E-state index contributed by atoms with van der Waals surface area (Å²) < 4.78 is 9.20. The third-order valence-electron chi connectivity index (χ3n) is 1.74. The Balaban J connectivity index is 3.60. The number of carbonyl (C=O) groups excluding carboxylic acids is 1. The molecule has 0 amide bonds. The first kappa shape index (κ1) is 11.2. The van der Waals surface area contributed by atoms with E-state index in [1.165, 1.54) is 0 Å². The van der Waals surface area contributed by atoms with Gasteiger partial charge < -0.3 is 9.47 Å². The van der Waals surface area contributed by atoms with Crippen molar-refractivity contribution in [3.8, 4) is 0 Å². The van der Waals surface area contributed by atoms with Gasteiger partial charge in [0.25, 0.3) is 0 Å². The van der Waals surface area contributed by atoms with Crippen LogP contribution in [0.25, 0.3) is 0 Å². The Morgan fingerprint density at radius 3 is 2.42 bits per heavy atom. The van der Waals surface area contributed by atoms with E-state index >= 15 is 0 Å². The molecule has 0 fully saturated rings. The molecule has 0 aromatic carbocycles. The normalized spacial score (nSPS) is 11.0. The van der Waals surface area contributed by atoms with Crippen LogP contribution in [0.5, 0.6) is 0 Å². The Kier molecular flexibility index (Phi) is 4.66. The minimum Gasteiger partial charge on any atom is -0.434 e. The summed E-state index contributed by atoms with van der Waals surface area (Å²) in [6.45, 7) is 6.30. The summed E-state index contributed by atoms with van der Waals surface area (Å²) in [6.07, 6.45) is 0.252. The van der Waals surface area contributed by atoms with Crippen molar-refractivity contribution in [2.24, 2.45) is 11.1 Å². The highest BCUT2D eigenvalue weighted by atomic mass is 16.7. The Hall–Kier alpha value is -0.770. The van der Waals surface area contributed by atoms with Gasteiger partial charge >= 0.3 is 6.16 Å². The molecule has 0 aliphatic rings. The fourth-order valence-corrected chi connectivity index (χ4v) is 0.466. The Morgan fingerprint density at radius 1 is 1.42 bits per heavy atom. The number of rotatable bonds is 4. The van der Waals surface area contributed by atoms with Gasteiger partial charge in [0.15, 0.2) is 0 Å². The lowest BCUT2D eigenvalue weighted by Gasteiger charge is -2.21. The van der Waals surface area contributed by atoms with Gasteiger partial charge in [-0.2, -0.15) is 0 Å². The summed E-state index contributed by atoms with van der Waals surface area (Å²) in [7, 11) is 0. The van der Waals surface area contributed by atoms with E-state index in [0.29, 0.717) is 6.61 Å². The minimum atomic E-state index is -0.695. The van der Waals surface area contributed by atoms with E-state index in [1.54, 1.807) is 0 Å². The molecule has 2 N–H and O–H groups in total. The predicted molar refractivity (Wildman–Crippen MR) is 45.6 cm³/mol. The summed E-state index contributed by atoms with van der Waals surface area (Å²) in [5, 5.41) is 0. The van der Waals surface area contributed by atoms with E-state index in [4.69, 9.17) is 10.5 Å². The number of hydrogen-bond donors (Lipinski definition) is 1. The number of ether oxygens (including phenoxy) is 2. The molecule has 0 saturated heterocycles. The summed E-state index contributed by atoms with van der Waals surface area (Å²) in [5.74, 6) is 0. The van der Waals surface area contributed by atoms with Gasteiger partial charge in [-0.3, -0.25) is 5.73 Å². The number of hydrogen-bond acceptors (Lipinski definition) is 4. The molecule has 0 bridgehead atoms. The van der Waals surface area contributed by atoms with Crippen LogP contribution in [-0.4, -0.2) is 19.5 Å². The van der Waals surface area contributed by atoms with Gasteiger partial charge in [0.1, 0.15) is 13.3 Å². The van der Waals surface area contributed by atoms with Crippen LogP contribution in [0.3, 0.4) is 0 Å². The largest absolute Gasteiger partial charge is 0.509 e. The number of carbonyl (C=O) groups is 1. The highest BCUT2D eigenvalue weighted by Crippen LogP contribution is 2.19. The van der Waals surface area contributed by atoms with Gasteiger partial charge in [0.05, 0.1) is 0 Å². The van der Waals surface area contributed by atoms with Crippen LogP contribution in [0.1, 0.15) is 27.2 Å². The van der Waals surface area contributed by atoms with Crippen molar-refractivity contribution in [1.82, 2.24) is 0 Å². The molecular formula is C8H17NO3. The highest BCUT2D eigenvalue weighted by Gasteiger charge is 2.17. The maximum Gasteiger partial charge on any atom is 0.509 e. The van der Waals surface area contributed by atoms with Crippen molar-refractivity contribution in [2.75, 3.05) is 13.3 Å². The van der Waals surface area contributed by atoms with E-state index < -0.39 is 6.16 Å². The smallest absolute Gasteiger partial charge is 0.434 e. The monoisotopic (exact) mass is 175 g/mol. The van der Waals surface area contributed by atoms with Crippen LogP contribution < -0.4 is 5.73 Å². The van der Waals surface area contributed by atoms with E-state index in [0.717, 1.165) is 6.42 Å². The highest BCUT2D eigenvalue weighted by molar-refractivity contribution is 5.59. The first-order valence-electron chi connectivity index (χ1n) is 4.01. The second-order valence-corrected chi connectivity index (χ2v) is 3.37. The van der Waals surface area contributed by atoms with E-state index in [1.807, 2.05) is 20.8 Å². The summed E-state index contributed by atoms with van der Waals surface area (Å²) >= 11 is 0. The second-order valence-electron chi connectivity index (χ2n) is 3.37. The number of nitrogens with two attached hydrogens (primary N) is 1. The molecule has 0 unspecified atom stereocenters. The van der Waals surface area contributed by atoms with Crippen molar-refractivity contribution in [1.29, 1.82) is 0 Å². The lowest BCUT2D eigenvalue weighted by molar-refractivity contribution is 0.0301. The van der Waals surface area contributed by atoms with Crippen LogP contribution in [0, 0.1) is 5.41 Å². The fraction of sp³-hybridized carbons (Fsp3) is 0.875. The Labute approximate surface area is 73.0 Å². The van der Waals surface area contributed by atoms with Crippen LogP contribution in [0.2, 0.25) is 0 Å². The molecule has 0 aliphatic heterocycles. The van der Waals surface area contributed by atoms with Crippen molar-refractivity contribution in [3.63, 3.8) is 0 Å². The van der Waals surface area contributed by atoms with Crippen molar-refractivity contribution >= 4 is 6.16 Å². The van der Waals surface area contributed by atoms with Gasteiger partial charge in [-0.25, -0.2) is 4.79 Å². The van der Waals surface area contributed by atoms with Crippen LogP contribution in [0.15, 0.2) is 0 Å². The zero-order chi connectivity index (χ0) is 9.61. The molecule has 4 nitrogen and oxygen atoms in total. The quantitative estimate of drug-likeness (QED) is 0.519.